The largest absolute Gasteiger partial charge is 0.336 e. The molecule has 1 aromatic carbocycles. The first kappa shape index (κ1) is 15.5. The fourth-order valence-electron chi connectivity index (χ4n) is 2.44. The van der Waals surface area contributed by atoms with E-state index in [-0.39, 0.29) is 6.03 Å². The summed E-state index contributed by atoms with van der Waals surface area (Å²) in [5.41, 5.74) is 1.74. The van der Waals surface area contributed by atoms with Crippen molar-refractivity contribution in [3.63, 3.8) is 0 Å². The fraction of sp³-hybridized carbons (Fsp3) is 0.312. The van der Waals surface area contributed by atoms with E-state index in [4.69, 9.17) is 0 Å². The predicted molar refractivity (Wildman–Crippen MR) is 93.0 cm³/mol. The van der Waals surface area contributed by atoms with E-state index in [1.54, 1.807) is 17.5 Å². The van der Waals surface area contributed by atoms with Gasteiger partial charge in [0.1, 0.15) is 5.82 Å². The number of aromatic nitrogens is 3. The summed E-state index contributed by atoms with van der Waals surface area (Å²) in [5, 5.41) is 6.74. The van der Waals surface area contributed by atoms with Crippen molar-refractivity contribution >= 4 is 33.3 Å². The molecule has 0 aliphatic rings. The van der Waals surface area contributed by atoms with Crippen LogP contribution in [0.1, 0.15) is 17.8 Å². The molecule has 0 saturated carbocycles. The van der Waals surface area contributed by atoms with Gasteiger partial charge in [0.2, 0.25) is 0 Å². The summed E-state index contributed by atoms with van der Waals surface area (Å²) in [6, 6.07) is 5.54. The van der Waals surface area contributed by atoms with Gasteiger partial charge in [-0.25, -0.2) is 14.8 Å². The molecule has 0 saturated heterocycles. The number of aryl methyl sites for hydroxylation is 2. The molecular formula is C16H19N5OS. The Balaban J connectivity index is 1.54. The molecule has 0 aliphatic heterocycles. The highest BCUT2D eigenvalue weighted by Gasteiger charge is 2.05. The molecule has 0 aliphatic carbocycles. The van der Waals surface area contributed by atoms with Crippen molar-refractivity contribution in [2.75, 3.05) is 11.9 Å². The molecule has 0 atom stereocenters. The third-order valence-corrected chi connectivity index (χ3v) is 4.44. The van der Waals surface area contributed by atoms with E-state index in [2.05, 4.69) is 27.5 Å². The smallest absolute Gasteiger partial charge is 0.319 e. The molecule has 0 fully saturated rings. The molecule has 2 N–H and O–H groups in total. The van der Waals surface area contributed by atoms with Crippen LogP contribution in [0.15, 0.2) is 30.6 Å². The molecule has 23 heavy (non-hydrogen) atoms. The minimum atomic E-state index is -0.205. The van der Waals surface area contributed by atoms with Crippen molar-refractivity contribution < 1.29 is 4.79 Å². The van der Waals surface area contributed by atoms with Gasteiger partial charge < -0.3 is 15.2 Å². The summed E-state index contributed by atoms with van der Waals surface area (Å²) in [7, 11) is 0. The van der Waals surface area contributed by atoms with Crippen LogP contribution in [-0.4, -0.2) is 27.1 Å². The SMILES string of the molecule is CCc1nccn1CCNC(=O)Nc1ccc2nc(C)sc2c1. The summed E-state index contributed by atoms with van der Waals surface area (Å²) in [4.78, 5) is 20.6. The maximum atomic E-state index is 12.0. The molecule has 2 heterocycles. The number of amides is 2. The number of hydrogen-bond acceptors (Lipinski definition) is 4. The van der Waals surface area contributed by atoms with Crippen LogP contribution in [-0.2, 0) is 13.0 Å². The van der Waals surface area contributed by atoms with Crippen LogP contribution in [0.3, 0.4) is 0 Å². The number of carbonyl (C=O) groups is 1. The number of fused-ring (bicyclic) bond motifs is 1. The second-order valence-corrected chi connectivity index (χ2v) is 6.42. The van der Waals surface area contributed by atoms with Crippen LogP contribution in [0, 0.1) is 6.92 Å². The monoisotopic (exact) mass is 329 g/mol. The van der Waals surface area contributed by atoms with Crippen LogP contribution in [0.25, 0.3) is 10.2 Å². The van der Waals surface area contributed by atoms with E-state index < -0.39 is 0 Å². The number of nitrogens with zero attached hydrogens (tertiary/aromatic N) is 3. The normalized spacial score (nSPS) is 10.9. The molecule has 0 spiro atoms. The van der Waals surface area contributed by atoms with Crippen molar-refractivity contribution in [2.45, 2.75) is 26.8 Å². The molecule has 7 heteroatoms. The van der Waals surface area contributed by atoms with E-state index in [9.17, 15) is 4.79 Å². The van der Waals surface area contributed by atoms with Crippen molar-refractivity contribution in [1.29, 1.82) is 0 Å². The number of benzene rings is 1. The van der Waals surface area contributed by atoms with E-state index in [0.717, 1.165) is 33.2 Å². The molecule has 6 nitrogen and oxygen atoms in total. The average molecular weight is 329 g/mol. The highest BCUT2D eigenvalue weighted by atomic mass is 32.1. The quantitative estimate of drug-likeness (QED) is 0.755. The highest BCUT2D eigenvalue weighted by molar-refractivity contribution is 7.18. The lowest BCUT2D eigenvalue weighted by Crippen LogP contribution is -2.31. The molecule has 2 amide bonds. The zero-order valence-corrected chi connectivity index (χ0v) is 14.0. The molecule has 0 bridgehead atoms. The molecule has 3 rings (SSSR count). The van der Waals surface area contributed by atoms with E-state index >= 15 is 0 Å². The van der Waals surface area contributed by atoms with Gasteiger partial charge in [0.25, 0.3) is 0 Å². The Kier molecular flexibility index (Phi) is 4.57. The van der Waals surface area contributed by atoms with E-state index in [1.165, 1.54) is 0 Å². The maximum absolute atomic E-state index is 12.0. The number of imidazole rings is 1. The van der Waals surface area contributed by atoms with Crippen molar-refractivity contribution in [2.24, 2.45) is 0 Å². The number of nitrogens with one attached hydrogen (secondary N) is 2. The minimum absolute atomic E-state index is 0.205. The van der Waals surface area contributed by atoms with Crippen LogP contribution < -0.4 is 10.6 Å². The first-order valence-electron chi connectivity index (χ1n) is 7.58. The van der Waals surface area contributed by atoms with Crippen LogP contribution in [0.2, 0.25) is 0 Å². The Morgan fingerprint density at radius 1 is 1.39 bits per heavy atom. The topological polar surface area (TPSA) is 71.8 Å². The third kappa shape index (κ3) is 3.68. The Hall–Kier alpha value is -2.41. The molecule has 2 aromatic heterocycles. The molecule has 120 valence electrons. The maximum Gasteiger partial charge on any atom is 0.319 e. The second kappa shape index (κ2) is 6.78. The summed E-state index contributed by atoms with van der Waals surface area (Å²) >= 11 is 1.62. The number of thiazole rings is 1. The van der Waals surface area contributed by atoms with E-state index in [1.807, 2.05) is 35.9 Å². The van der Waals surface area contributed by atoms with Gasteiger partial charge in [0.05, 0.1) is 15.2 Å². The molecule has 0 radical (unpaired) electrons. The van der Waals surface area contributed by atoms with Gasteiger partial charge in [-0.2, -0.15) is 0 Å². The third-order valence-electron chi connectivity index (χ3n) is 3.51. The van der Waals surface area contributed by atoms with Gasteiger partial charge in [-0.05, 0) is 25.1 Å². The summed E-state index contributed by atoms with van der Waals surface area (Å²) in [6.07, 6.45) is 4.59. The summed E-state index contributed by atoms with van der Waals surface area (Å²) in [6.45, 7) is 5.31. The first-order chi connectivity index (χ1) is 11.2. The second-order valence-electron chi connectivity index (χ2n) is 5.19. The number of anilines is 1. The van der Waals surface area contributed by atoms with Crippen molar-refractivity contribution in [3.05, 3.63) is 41.4 Å². The minimum Gasteiger partial charge on any atom is -0.336 e. The Morgan fingerprint density at radius 2 is 2.26 bits per heavy atom. The molecule has 0 unspecified atom stereocenters. The molecule has 3 aromatic rings. The fourth-order valence-corrected chi connectivity index (χ4v) is 3.31. The lowest BCUT2D eigenvalue weighted by molar-refractivity contribution is 0.251. The predicted octanol–water partition coefficient (Wildman–Crippen LogP) is 3.19. The van der Waals surface area contributed by atoms with Gasteiger partial charge in [-0.1, -0.05) is 6.92 Å². The van der Waals surface area contributed by atoms with Gasteiger partial charge in [-0.3, -0.25) is 0 Å². The lowest BCUT2D eigenvalue weighted by atomic mass is 10.3. The summed E-state index contributed by atoms with van der Waals surface area (Å²) < 4.78 is 3.12. The van der Waals surface area contributed by atoms with Gasteiger partial charge in [0.15, 0.2) is 0 Å². The van der Waals surface area contributed by atoms with Crippen LogP contribution in [0.4, 0.5) is 10.5 Å². The van der Waals surface area contributed by atoms with Crippen LogP contribution >= 0.6 is 11.3 Å². The average Bonchev–Trinajstić information content (AvgIpc) is 3.11. The highest BCUT2D eigenvalue weighted by Crippen LogP contribution is 2.24. The van der Waals surface area contributed by atoms with Crippen molar-refractivity contribution in [1.82, 2.24) is 19.9 Å². The Morgan fingerprint density at radius 3 is 3.09 bits per heavy atom. The summed E-state index contributed by atoms with van der Waals surface area (Å²) in [5.74, 6) is 1.03. The van der Waals surface area contributed by atoms with Crippen molar-refractivity contribution in [3.8, 4) is 0 Å². The number of rotatable bonds is 5. The number of carbonyl (C=O) groups excluding carboxylic acids is 1. The standard InChI is InChI=1S/C16H19N5OS/c1-3-15-17-6-8-21(15)9-7-18-16(22)20-12-4-5-13-14(10-12)23-11(2)19-13/h4-6,8,10H,3,7,9H2,1-2H3,(H2,18,20,22). The Bertz CT molecular complexity index is 823. The zero-order chi connectivity index (χ0) is 16.2. The van der Waals surface area contributed by atoms with Gasteiger partial charge in [0, 0.05) is 37.6 Å². The molecular weight excluding hydrogens is 310 g/mol. The van der Waals surface area contributed by atoms with Crippen LogP contribution in [0.5, 0.6) is 0 Å². The lowest BCUT2D eigenvalue weighted by Gasteiger charge is -2.09. The van der Waals surface area contributed by atoms with Gasteiger partial charge >= 0.3 is 6.03 Å². The Labute approximate surface area is 138 Å². The van der Waals surface area contributed by atoms with Gasteiger partial charge in [-0.15, -0.1) is 11.3 Å². The zero-order valence-electron chi connectivity index (χ0n) is 13.2. The number of urea groups is 1. The first-order valence-corrected chi connectivity index (χ1v) is 8.39. The van der Waals surface area contributed by atoms with E-state index in [0.29, 0.717) is 13.1 Å². The number of hydrogen-bond donors (Lipinski definition) is 2.